The molecule has 0 bridgehead atoms. The Morgan fingerprint density at radius 3 is 2.67 bits per heavy atom. The number of benzene rings is 1. The van der Waals surface area contributed by atoms with Crippen LogP contribution in [0.25, 0.3) is 0 Å². The highest BCUT2D eigenvalue weighted by molar-refractivity contribution is 5.85. The van der Waals surface area contributed by atoms with Gasteiger partial charge in [-0.25, -0.2) is 9.18 Å². The number of aryl methyl sites for hydroxylation is 1. The number of urea groups is 1. The number of amides is 2. The first-order valence-corrected chi connectivity index (χ1v) is 9.70. The van der Waals surface area contributed by atoms with Gasteiger partial charge < -0.3 is 20.3 Å². The van der Waals surface area contributed by atoms with Crippen molar-refractivity contribution in [3.8, 4) is 0 Å². The molecule has 2 N–H and O–H groups in total. The molecule has 3 rings (SSSR count). The Balaban J connectivity index is 0.00000261. The highest BCUT2D eigenvalue weighted by atomic mass is 35.5. The zero-order valence-electron chi connectivity index (χ0n) is 16.0. The number of piperidine rings is 2. The van der Waals surface area contributed by atoms with Crippen LogP contribution in [0, 0.1) is 12.7 Å². The van der Waals surface area contributed by atoms with Crippen LogP contribution >= 0.6 is 12.4 Å². The van der Waals surface area contributed by atoms with Gasteiger partial charge in [-0.05, 0) is 69.0 Å². The average molecular weight is 400 g/mol. The standard InChI is InChI=1S/C20H30FN3O2.ClH/c1-15-13-16(21)5-6-18(15)19-14-17(7-10-24(19)20(22)25)26-12-11-23-8-3-2-4-9-23;/h5-6,13,17,19H,2-4,7-12,14H2,1H3,(H2,22,25);1H. The molecule has 2 aliphatic rings. The summed E-state index contributed by atoms with van der Waals surface area (Å²) in [5.74, 6) is -0.262. The highest BCUT2D eigenvalue weighted by Gasteiger charge is 2.33. The van der Waals surface area contributed by atoms with E-state index in [9.17, 15) is 9.18 Å². The molecule has 2 amide bonds. The molecular weight excluding hydrogens is 369 g/mol. The van der Waals surface area contributed by atoms with Crippen molar-refractivity contribution < 1.29 is 13.9 Å². The van der Waals surface area contributed by atoms with Gasteiger partial charge in [0.15, 0.2) is 0 Å². The van der Waals surface area contributed by atoms with Crippen LogP contribution in [0.5, 0.6) is 0 Å². The van der Waals surface area contributed by atoms with E-state index in [4.69, 9.17) is 10.5 Å². The smallest absolute Gasteiger partial charge is 0.315 e. The minimum absolute atomic E-state index is 0. The number of primary amides is 1. The first-order valence-electron chi connectivity index (χ1n) is 9.70. The number of nitrogens with two attached hydrogens (primary N) is 1. The Morgan fingerprint density at radius 1 is 1.26 bits per heavy atom. The van der Waals surface area contributed by atoms with E-state index in [2.05, 4.69) is 4.90 Å². The van der Waals surface area contributed by atoms with Crippen LogP contribution in [-0.2, 0) is 4.74 Å². The van der Waals surface area contributed by atoms with E-state index in [1.807, 2.05) is 6.92 Å². The number of hydrogen-bond acceptors (Lipinski definition) is 3. The van der Waals surface area contributed by atoms with Crippen molar-refractivity contribution in [3.05, 3.63) is 35.1 Å². The summed E-state index contributed by atoms with van der Waals surface area (Å²) in [5.41, 5.74) is 7.38. The summed E-state index contributed by atoms with van der Waals surface area (Å²) in [7, 11) is 0. The van der Waals surface area contributed by atoms with Crippen LogP contribution in [0.3, 0.4) is 0 Å². The quantitative estimate of drug-likeness (QED) is 0.822. The number of likely N-dealkylation sites (tertiary alicyclic amines) is 2. The largest absolute Gasteiger partial charge is 0.377 e. The molecule has 5 nitrogen and oxygen atoms in total. The molecule has 0 spiro atoms. The number of nitrogens with zero attached hydrogens (tertiary/aromatic N) is 2. The van der Waals surface area contributed by atoms with E-state index in [0.717, 1.165) is 30.7 Å². The second kappa shape index (κ2) is 10.2. The molecule has 27 heavy (non-hydrogen) atoms. The maximum Gasteiger partial charge on any atom is 0.315 e. The fraction of sp³-hybridized carbons (Fsp3) is 0.650. The van der Waals surface area contributed by atoms with Crippen LogP contribution in [0.4, 0.5) is 9.18 Å². The lowest BCUT2D eigenvalue weighted by molar-refractivity contribution is -0.0134. The Labute approximate surface area is 167 Å². The van der Waals surface area contributed by atoms with Crippen molar-refractivity contribution >= 4 is 18.4 Å². The van der Waals surface area contributed by atoms with E-state index in [1.54, 1.807) is 11.0 Å². The molecule has 2 atom stereocenters. The predicted octanol–water partition coefficient (Wildman–Crippen LogP) is 3.64. The number of carbonyl (C=O) groups is 1. The minimum Gasteiger partial charge on any atom is -0.377 e. The lowest BCUT2D eigenvalue weighted by Gasteiger charge is -2.39. The third kappa shape index (κ3) is 5.80. The van der Waals surface area contributed by atoms with Crippen molar-refractivity contribution in [1.82, 2.24) is 9.80 Å². The van der Waals surface area contributed by atoms with Gasteiger partial charge in [0.05, 0.1) is 18.8 Å². The van der Waals surface area contributed by atoms with E-state index in [0.29, 0.717) is 13.0 Å². The van der Waals surface area contributed by atoms with Gasteiger partial charge >= 0.3 is 6.03 Å². The monoisotopic (exact) mass is 399 g/mol. The van der Waals surface area contributed by atoms with Crippen LogP contribution in [0.1, 0.15) is 49.3 Å². The topological polar surface area (TPSA) is 58.8 Å². The van der Waals surface area contributed by atoms with E-state index < -0.39 is 6.03 Å². The van der Waals surface area contributed by atoms with Gasteiger partial charge in [-0.15, -0.1) is 12.4 Å². The van der Waals surface area contributed by atoms with Crippen molar-refractivity contribution in [3.63, 3.8) is 0 Å². The summed E-state index contributed by atoms with van der Waals surface area (Å²) in [6.45, 7) is 6.47. The van der Waals surface area contributed by atoms with E-state index >= 15 is 0 Å². The summed E-state index contributed by atoms with van der Waals surface area (Å²) in [5, 5.41) is 0. The number of ether oxygens (including phenoxy) is 1. The lowest BCUT2D eigenvalue weighted by Crippen LogP contribution is -2.46. The van der Waals surface area contributed by atoms with Gasteiger partial charge in [0.1, 0.15) is 5.82 Å². The van der Waals surface area contributed by atoms with Gasteiger partial charge in [-0.3, -0.25) is 0 Å². The summed E-state index contributed by atoms with van der Waals surface area (Å²) in [6.07, 6.45) is 5.49. The third-order valence-corrected chi connectivity index (χ3v) is 5.64. The van der Waals surface area contributed by atoms with Crippen LogP contribution < -0.4 is 5.73 Å². The first kappa shape index (κ1) is 21.9. The van der Waals surface area contributed by atoms with Gasteiger partial charge in [0, 0.05) is 13.1 Å². The number of halogens is 2. The van der Waals surface area contributed by atoms with E-state index in [-0.39, 0.29) is 30.4 Å². The van der Waals surface area contributed by atoms with Gasteiger partial charge in [-0.1, -0.05) is 12.5 Å². The first-order chi connectivity index (χ1) is 12.5. The molecule has 0 aliphatic carbocycles. The number of hydrogen-bond donors (Lipinski definition) is 1. The molecule has 2 heterocycles. The SMILES string of the molecule is Cc1cc(F)ccc1C1CC(OCCN2CCCCC2)CCN1C(N)=O.Cl. The second-order valence-electron chi connectivity index (χ2n) is 7.47. The van der Waals surface area contributed by atoms with Crippen molar-refractivity contribution in [1.29, 1.82) is 0 Å². The van der Waals surface area contributed by atoms with Gasteiger partial charge in [-0.2, -0.15) is 0 Å². The molecule has 2 aliphatic heterocycles. The van der Waals surface area contributed by atoms with Crippen LogP contribution in [-0.4, -0.2) is 54.7 Å². The molecule has 2 unspecified atom stereocenters. The second-order valence-corrected chi connectivity index (χ2v) is 7.47. The summed E-state index contributed by atoms with van der Waals surface area (Å²) < 4.78 is 19.6. The molecule has 2 fully saturated rings. The third-order valence-electron chi connectivity index (χ3n) is 5.64. The summed E-state index contributed by atoms with van der Waals surface area (Å²) in [4.78, 5) is 16.0. The van der Waals surface area contributed by atoms with Crippen molar-refractivity contribution in [2.75, 3.05) is 32.8 Å². The van der Waals surface area contributed by atoms with Crippen molar-refractivity contribution in [2.45, 2.75) is 51.2 Å². The van der Waals surface area contributed by atoms with Crippen LogP contribution in [0.15, 0.2) is 18.2 Å². The molecule has 1 aromatic rings. The fourth-order valence-corrected chi connectivity index (χ4v) is 4.19. The predicted molar refractivity (Wildman–Crippen MR) is 107 cm³/mol. The Hall–Kier alpha value is -1.37. The molecular formula is C20H31ClFN3O2. The minimum atomic E-state index is -0.425. The van der Waals surface area contributed by atoms with Crippen LogP contribution in [0.2, 0.25) is 0 Å². The Bertz CT molecular complexity index is 625. The molecule has 152 valence electrons. The normalized spacial score (nSPS) is 23.7. The molecule has 0 aromatic heterocycles. The van der Waals surface area contributed by atoms with E-state index in [1.165, 1.54) is 44.5 Å². The maximum atomic E-state index is 13.5. The summed E-state index contributed by atoms with van der Waals surface area (Å²) in [6, 6.07) is 4.14. The molecule has 2 saturated heterocycles. The molecule has 7 heteroatoms. The molecule has 0 radical (unpaired) electrons. The number of rotatable bonds is 5. The zero-order valence-corrected chi connectivity index (χ0v) is 16.8. The lowest BCUT2D eigenvalue weighted by atomic mass is 9.91. The van der Waals surface area contributed by atoms with Crippen molar-refractivity contribution in [2.24, 2.45) is 5.73 Å². The summed E-state index contributed by atoms with van der Waals surface area (Å²) >= 11 is 0. The average Bonchev–Trinajstić information content (AvgIpc) is 2.62. The van der Waals surface area contributed by atoms with Gasteiger partial charge in [0.2, 0.25) is 0 Å². The zero-order chi connectivity index (χ0) is 18.5. The Morgan fingerprint density at radius 2 is 2.00 bits per heavy atom. The maximum absolute atomic E-state index is 13.5. The fourth-order valence-electron chi connectivity index (χ4n) is 4.19. The highest BCUT2D eigenvalue weighted by Crippen LogP contribution is 2.34. The molecule has 0 saturated carbocycles. The number of carbonyl (C=O) groups excluding carboxylic acids is 1. The molecule has 1 aromatic carbocycles. The Kier molecular flexibility index (Phi) is 8.32. The van der Waals surface area contributed by atoms with Gasteiger partial charge in [0.25, 0.3) is 0 Å².